The van der Waals surface area contributed by atoms with Gasteiger partial charge in [-0.3, -0.25) is 14.1 Å². The maximum absolute atomic E-state index is 12.5. The third-order valence-electron chi connectivity index (χ3n) is 3.59. The molecule has 4 nitrogen and oxygen atoms in total. The van der Waals surface area contributed by atoms with E-state index >= 15 is 0 Å². The van der Waals surface area contributed by atoms with Crippen molar-refractivity contribution in [2.24, 2.45) is 0 Å². The highest BCUT2D eigenvalue weighted by Gasteiger charge is 2.10. The number of imidazole rings is 1. The number of benzene rings is 1. The van der Waals surface area contributed by atoms with Gasteiger partial charge >= 0.3 is 5.69 Å². The van der Waals surface area contributed by atoms with E-state index in [2.05, 4.69) is 4.98 Å². The fraction of sp³-hybridized carbons (Fsp3) is 0.250. The van der Waals surface area contributed by atoms with Crippen molar-refractivity contribution in [2.45, 2.75) is 26.4 Å². The van der Waals surface area contributed by atoms with Gasteiger partial charge in [0.1, 0.15) is 0 Å². The van der Waals surface area contributed by atoms with E-state index in [1.165, 1.54) is 0 Å². The Morgan fingerprint density at radius 3 is 2.45 bits per heavy atom. The van der Waals surface area contributed by atoms with E-state index in [1.54, 1.807) is 6.20 Å². The van der Waals surface area contributed by atoms with Gasteiger partial charge in [0.05, 0.1) is 11.0 Å². The minimum atomic E-state index is 0.0672. The Labute approximate surface area is 117 Å². The molecule has 0 amide bonds. The Balaban J connectivity index is 1.99. The second-order valence-corrected chi connectivity index (χ2v) is 4.78. The van der Waals surface area contributed by atoms with Gasteiger partial charge in [0.2, 0.25) is 0 Å². The summed E-state index contributed by atoms with van der Waals surface area (Å²) >= 11 is 0. The number of aromatic nitrogens is 3. The van der Waals surface area contributed by atoms with Gasteiger partial charge in [0.25, 0.3) is 0 Å². The number of rotatable bonds is 4. The van der Waals surface area contributed by atoms with Crippen LogP contribution in [0.3, 0.4) is 0 Å². The van der Waals surface area contributed by atoms with Gasteiger partial charge in [-0.2, -0.15) is 0 Å². The number of aryl methyl sites for hydroxylation is 3. The van der Waals surface area contributed by atoms with E-state index in [4.69, 9.17) is 0 Å². The van der Waals surface area contributed by atoms with Gasteiger partial charge in [-0.25, -0.2) is 4.79 Å². The van der Waals surface area contributed by atoms with Crippen molar-refractivity contribution in [2.75, 3.05) is 0 Å². The molecule has 0 bridgehead atoms. The Kier molecular flexibility index (Phi) is 3.37. The number of hydrogen-bond acceptors (Lipinski definition) is 2. The maximum atomic E-state index is 12.5. The first kappa shape index (κ1) is 12.7. The van der Waals surface area contributed by atoms with Crippen LogP contribution in [0.2, 0.25) is 0 Å². The van der Waals surface area contributed by atoms with Crippen molar-refractivity contribution in [3.05, 3.63) is 64.8 Å². The van der Waals surface area contributed by atoms with Gasteiger partial charge in [-0.1, -0.05) is 18.2 Å². The smallest absolute Gasteiger partial charge is 0.292 e. The van der Waals surface area contributed by atoms with Gasteiger partial charge < -0.3 is 0 Å². The summed E-state index contributed by atoms with van der Waals surface area (Å²) in [5, 5.41) is 0. The first-order valence-electron chi connectivity index (χ1n) is 6.88. The summed E-state index contributed by atoms with van der Waals surface area (Å²) in [6, 6.07) is 11.9. The van der Waals surface area contributed by atoms with Crippen molar-refractivity contribution in [3.8, 4) is 0 Å². The molecule has 0 saturated carbocycles. The van der Waals surface area contributed by atoms with Crippen LogP contribution in [0.15, 0.2) is 53.6 Å². The molecule has 0 aliphatic heterocycles. The average molecular weight is 267 g/mol. The molecule has 2 aromatic heterocycles. The maximum Gasteiger partial charge on any atom is 0.329 e. The summed E-state index contributed by atoms with van der Waals surface area (Å²) in [4.78, 5) is 16.6. The molecule has 1 aromatic carbocycles. The molecule has 2 heterocycles. The number of nitrogens with zero attached hydrogens (tertiary/aromatic N) is 3. The third-order valence-corrected chi connectivity index (χ3v) is 3.59. The molecule has 20 heavy (non-hydrogen) atoms. The standard InChI is InChI=1S/C16H17N3O/c1-2-18-14-7-3-4-8-15(14)19(16(18)20)11-9-13-6-5-10-17-12-13/h3-8,10,12H,2,9,11H2,1H3. The highest BCUT2D eigenvalue weighted by Crippen LogP contribution is 2.13. The Bertz CT molecular complexity index is 771. The first-order valence-corrected chi connectivity index (χ1v) is 6.88. The van der Waals surface area contributed by atoms with Crippen molar-refractivity contribution in [1.29, 1.82) is 0 Å². The van der Waals surface area contributed by atoms with E-state index in [-0.39, 0.29) is 5.69 Å². The second kappa shape index (κ2) is 5.33. The van der Waals surface area contributed by atoms with Crippen LogP contribution >= 0.6 is 0 Å². The number of fused-ring (bicyclic) bond motifs is 1. The minimum Gasteiger partial charge on any atom is -0.292 e. The van der Waals surface area contributed by atoms with Crippen LogP contribution in [0.1, 0.15) is 12.5 Å². The summed E-state index contributed by atoms with van der Waals surface area (Å²) in [7, 11) is 0. The lowest BCUT2D eigenvalue weighted by atomic mass is 10.2. The monoisotopic (exact) mass is 267 g/mol. The predicted molar refractivity (Wildman–Crippen MR) is 79.8 cm³/mol. The predicted octanol–water partition coefficient (Wildman–Crippen LogP) is 2.46. The van der Waals surface area contributed by atoms with E-state index < -0.39 is 0 Å². The second-order valence-electron chi connectivity index (χ2n) is 4.78. The Morgan fingerprint density at radius 1 is 1.05 bits per heavy atom. The van der Waals surface area contributed by atoms with Crippen LogP contribution in [-0.4, -0.2) is 14.1 Å². The molecule has 0 unspecified atom stereocenters. The van der Waals surface area contributed by atoms with E-state index in [1.807, 2.05) is 58.7 Å². The molecule has 0 spiro atoms. The Morgan fingerprint density at radius 2 is 1.80 bits per heavy atom. The summed E-state index contributed by atoms with van der Waals surface area (Å²) in [6.45, 7) is 3.37. The van der Waals surface area contributed by atoms with Crippen LogP contribution in [0.5, 0.6) is 0 Å². The summed E-state index contributed by atoms with van der Waals surface area (Å²) in [5.74, 6) is 0. The molecule has 102 valence electrons. The molecule has 0 fully saturated rings. The number of para-hydroxylation sites is 2. The quantitative estimate of drug-likeness (QED) is 0.728. The zero-order valence-electron chi connectivity index (χ0n) is 11.5. The SMILES string of the molecule is CCn1c(=O)n(CCc2cccnc2)c2ccccc21. The van der Waals surface area contributed by atoms with Gasteiger partial charge in [0, 0.05) is 25.5 Å². The third kappa shape index (κ3) is 2.13. The lowest BCUT2D eigenvalue weighted by Crippen LogP contribution is -2.24. The normalized spacial score (nSPS) is 11.1. The molecule has 0 aliphatic carbocycles. The van der Waals surface area contributed by atoms with Crippen LogP contribution in [0.4, 0.5) is 0 Å². The highest BCUT2D eigenvalue weighted by molar-refractivity contribution is 5.75. The summed E-state index contributed by atoms with van der Waals surface area (Å²) in [5.41, 5.74) is 3.22. The molecule has 0 aliphatic rings. The minimum absolute atomic E-state index is 0.0672. The van der Waals surface area contributed by atoms with Gasteiger partial charge in [-0.15, -0.1) is 0 Å². The molecule has 0 saturated heterocycles. The van der Waals surface area contributed by atoms with E-state index in [0.29, 0.717) is 13.1 Å². The molecule has 3 rings (SSSR count). The summed E-state index contributed by atoms with van der Waals surface area (Å²) < 4.78 is 3.67. The fourth-order valence-corrected chi connectivity index (χ4v) is 2.58. The zero-order chi connectivity index (χ0) is 13.9. The molecular weight excluding hydrogens is 250 g/mol. The highest BCUT2D eigenvalue weighted by atomic mass is 16.1. The van der Waals surface area contributed by atoms with Crippen molar-refractivity contribution >= 4 is 11.0 Å². The van der Waals surface area contributed by atoms with Crippen LogP contribution < -0.4 is 5.69 Å². The molecular formula is C16H17N3O. The first-order chi connectivity index (χ1) is 9.81. The van der Waals surface area contributed by atoms with Crippen molar-refractivity contribution in [3.63, 3.8) is 0 Å². The molecule has 0 radical (unpaired) electrons. The Hall–Kier alpha value is -2.36. The molecule has 0 N–H and O–H groups in total. The lowest BCUT2D eigenvalue weighted by Gasteiger charge is -2.03. The lowest BCUT2D eigenvalue weighted by molar-refractivity contribution is 0.640. The fourth-order valence-electron chi connectivity index (χ4n) is 2.58. The van der Waals surface area contributed by atoms with Gasteiger partial charge in [0.15, 0.2) is 0 Å². The van der Waals surface area contributed by atoms with Crippen LogP contribution in [0, 0.1) is 0 Å². The van der Waals surface area contributed by atoms with Crippen LogP contribution in [0.25, 0.3) is 11.0 Å². The molecule has 0 atom stereocenters. The molecule has 4 heteroatoms. The zero-order valence-corrected chi connectivity index (χ0v) is 11.5. The van der Waals surface area contributed by atoms with E-state index in [9.17, 15) is 4.79 Å². The average Bonchev–Trinajstić information content (AvgIpc) is 2.77. The summed E-state index contributed by atoms with van der Waals surface area (Å²) in [6.07, 6.45) is 4.42. The number of pyridine rings is 1. The van der Waals surface area contributed by atoms with Crippen molar-refractivity contribution in [1.82, 2.24) is 14.1 Å². The topological polar surface area (TPSA) is 39.8 Å². The number of hydrogen-bond donors (Lipinski definition) is 0. The largest absolute Gasteiger partial charge is 0.329 e. The van der Waals surface area contributed by atoms with E-state index in [0.717, 1.165) is 23.0 Å². The molecule has 3 aromatic rings. The van der Waals surface area contributed by atoms with Crippen LogP contribution in [-0.2, 0) is 19.5 Å². The van der Waals surface area contributed by atoms with Crippen molar-refractivity contribution < 1.29 is 0 Å². The van der Waals surface area contributed by atoms with Gasteiger partial charge in [-0.05, 0) is 37.1 Å².